The van der Waals surface area contributed by atoms with Crippen molar-refractivity contribution in [3.05, 3.63) is 34.3 Å². The summed E-state index contributed by atoms with van der Waals surface area (Å²) in [6.45, 7) is 6.45. The Kier molecular flexibility index (Phi) is 4.77. The van der Waals surface area contributed by atoms with Crippen LogP contribution < -0.4 is 5.32 Å². The van der Waals surface area contributed by atoms with Crippen molar-refractivity contribution in [2.75, 3.05) is 6.54 Å². The number of hydrogen-bond donors (Lipinski definition) is 1. The molecule has 1 N–H and O–H groups in total. The average molecular weight is 297 g/mol. The van der Waals surface area contributed by atoms with Gasteiger partial charge >= 0.3 is 0 Å². The fourth-order valence-corrected chi connectivity index (χ4v) is 3.02. The van der Waals surface area contributed by atoms with Crippen molar-refractivity contribution >= 4 is 11.3 Å². The van der Waals surface area contributed by atoms with E-state index in [1.165, 1.54) is 23.5 Å². The van der Waals surface area contributed by atoms with Crippen molar-refractivity contribution in [2.24, 2.45) is 0 Å². The molecule has 0 amide bonds. The van der Waals surface area contributed by atoms with Gasteiger partial charge < -0.3 is 5.32 Å². The molecule has 6 heteroatoms. The van der Waals surface area contributed by atoms with Crippen molar-refractivity contribution < 1.29 is 8.78 Å². The Balaban J connectivity index is 2.41. The molecule has 2 rings (SSSR count). The van der Waals surface area contributed by atoms with Crippen LogP contribution >= 0.6 is 11.3 Å². The lowest BCUT2D eigenvalue weighted by Crippen LogP contribution is -2.19. The SMILES string of the molecule is CCNC(CC)c1nnc(-c2c(F)ccc(C)c2F)s1. The van der Waals surface area contributed by atoms with Crippen LogP contribution in [0.15, 0.2) is 12.1 Å². The highest BCUT2D eigenvalue weighted by Gasteiger charge is 2.20. The Morgan fingerprint density at radius 3 is 2.65 bits per heavy atom. The minimum absolute atomic E-state index is 0.0715. The second kappa shape index (κ2) is 6.37. The number of benzene rings is 1. The minimum Gasteiger partial charge on any atom is -0.308 e. The summed E-state index contributed by atoms with van der Waals surface area (Å²) < 4.78 is 27.9. The lowest BCUT2D eigenvalue weighted by Gasteiger charge is -2.11. The molecule has 0 radical (unpaired) electrons. The summed E-state index contributed by atoms with van der Waals surface area (Å²) in [7, 11) is 0. The van der Waals surface area contributed by atoms with Crippen LogP contribution in [0.4, 0.5) is 8.78 Å². The first-order valence-corrected chi connectivity index (χ1v) is 7.41. The van der Waals surface area contributed by atoms with E-state index in [4.69, 9.17) is 0 Å². The van der Waals surface area contributed by atoms with Gasteiger partial charge in [-0.3, -0.25) is 0 Å². The predicted molar refractivity (Wildman–Crippen MR) is 76.7 cm³/mol. The summed E-state index contributed by atoms with van der Waals surface area (Å²) in [6, 6.07) is 2.75. The van der Waals surface area contributed by atoms with E-state index in [9.17, 15) is 8.78 Å². The molecule has 0 bridgehead atoms. The van der Waals surface area contributed by atoms with Crippen LogP contribution in [-0.2, 0) is 0 Å². The molecular formula is C14H17F2N3S. The number of aryl methyl sites for hydroxylation is 1. The maximum Gasteiger partial charge on any atom is 0.153 e. The lowest BCUT2D eigenvalue weighted by molar-refractivity contribution is 0.531. The van der Waals surface area contributed by atoms with Crippen molar-refractivity contribution in [1.29, 1.82) is 0 Å². The maximum atomic E-state index is 14.1. The summed E-state index contributed by atoms with van der Waals surface area (Å²) in [6.07, 6.45) is 0.848. The Morgan fingerprint density at radius 1 is 1.25 bits per heavy atom. The van der Waals surface area contributed by atoms with Crippen LogP contribution in [-0.4, -0.2) is 16.7 Å². The van der Waals surface area contributed by atoms with Gasteiger partial charge in [0.15, 0.2) is 5.01 Å². The van der Waals surface area contributed by atoms with E-state index in [2.05, 4.69) is 15.5 Å². The van der Waals surface area contributed by atoms with Crippen LogP contribution in [0.2, 0.25) is 0 Å². The Bertz CT molecular complexity index is 598. The minimum atomic E-state index is -0.604. The van der Waals surface area contributed by atoms with Gasteiger partial charge in [-0.05, 0) is 31.5 Å². The summed E-state index contributed by atoms with van der Waals surface area (Å²) in [5.74, 6) is -1.17. The number of rotatable bonds is 5. The standard InChI is InChI=1S/C14H17F2N3S/c1-4-10(17-5-2)13-18-19-14(20-13)11-9(15)7-6-8(3)12(11)16/h6-7,10,17H,4-5H2,1-3H3. The molecule has 1 aromatic carbocycles. The number of aromatic nitrogens is 2. The number of nitrogens with one attached hydrogen (secondary N) is 1. The summed E-state index contributed by atoms with van der Waals surface area (Å²) in [5, 5.41) is 12.3. The topological polar surface area (TPSA) is 37.8 Å². The van der Waals surface area contributed by atoms with Gasteiger partial charge in [0, 0.05) is 0 Å². The van der Waals surface area contributed by atoms with Crippen molar-refractivity contribution in [2.45, 2.75) is 33.2 Å². The highest BCUT2D eigenvalue weighted by Crippen LogP contribution is 2.32. The first kappa shape index (κ1) is 15.0. The Hall–Kier alpha value is -1.40. The van der Waals surface area contributed by atoms with Crippen LogP contribution in [0.3, 0.4) is 0 Å². The van der Waals surface area contributed by atoms with E-state index in [0.717, 1.165) is 18.0 Å². The second-order valence-corrected chi connectivity index (χ2v) is 5.53. The Morgan fingerprint density at radius 2 is 2.00 bits per heavy atom. The zero-order valence-corrected chi connectivity index (χ0v) is 12.5. The molecule has 20 heavy (non-hydrogen) atoms. The largest absolute Gasteiger partial charge is 0.308 e. The summed E-state index contributed by atoms with van der Waals surface area (Å²) in [4.78, 5) is 0. The van der Waals surface area contributed by atoms with Crippen LogP contribution in [0.5, 0.6) is 0 Å². The van der Waals surface area contributed by atoms with Crippen molar-refractivity contribution in [3.8, 4) is 10.6 Å². The number of hydrogen-bond acceptors (Lipinski definition) is 4. The molecule has 0 spiro atoms. The van der Waals surface area contributed by atoms with Crippen molar-refractivity contribution in [1.82, 2.24) is 15.5 Å². The molecule has 1 aromatic heterocycles. The monoisotopic (exact) mass is 297 g/mol. The highest BCUT2D eigenvalue weighted by atomic mass is 32.1. The van der Waals surface area contributed by atoms with Crippen molar-refractivity contribution in [3.63, 3.8) is 0 Å². The molecule has 0 saturated carbocycles. The fraction of sp³-hybridized carbons (Fsp3) is 0.429. The number of halogens is 2. The molecule has 0 fully saturated rings. The molecule has 1 atom stereocenters. The average Bonchev–Trinajstić information content (AvgIpc) is 2.90. The van der Waals surface area contributed by atoms with E-state index in [0.29, 0.717) is 5.56 Å². The third kappa shape index (κ3) is 2.86. The van der Waals surface area contributed by atoms with Gasteiger partial charge in [0.1, 0.15) is 16.6 Å². The first-order chi connectivity index (χ1) is 9.58. The maximum absolute atomic E-state index is 14.1. The molecule has 0 aliphatic carbocycles. The molecule has 3 nitrogen and oxygen atoms in total. The molecule has 0 saturated heterocycles. The van der Waals surface area contributed by atoms with Gasteiger partial charge in [0.2, 0.25) is 0 Å². The van der Waals surface area contributed by atoms with E-state index < -0.39 is 11.6 Å². The van der Waals surface area contributed by atoms with Crippen LogP contribution in [0, 0.1) is 18.6 Å². The first-order valence-electron chi connectivity index (χ1n) is 6.60. The quantitative estimate of drug-likeness (QED) is 0.911. The normalized spacial score (nSPS) is 12.7. The molecular weight excluding hydrogens is 280 g/mol. The zero-order chi connectivity index (χ0) is 14.7. The molecule has 1 unspecified atom stereocenters. The van der Waals surface area contributed by atoms with E-state index >= 15 is 0 Å². The van der Waals surface area contributed by atoms with Gasteiger partial charge in [-0.1, -0.05) is 31.3 Å². The van der Waals surface area contributed by atoms with E-state index in [1.54, 1.807) is 6.92 Å². The van der Waals surface area contributed by atoms with Gasteiger partial charge in [-0.15, -0.1) is 10.2 Å². The Labute approximate surface area is 121 Å². The van der Waals surface area contributed by atoms with Crippen LogP contribution in [0.25, 0.3) is 10.6 Å². The molecule has 108 valence electrons. The van der Waals surface area contributed by atoms with Crippen LogP contribution in [0.1, 0.15) is 36.9 Å². The van der Waals surface area contributed by atoms with Gasteiger partial charge in [-0.25, -0.2) is 8.78 Å². The molecule has 0 aliphatic rings. The van der Waals surface area contributed by atoms with Gasteiger partial charge in [0.05, 0.1) is 11.6 Å². The summed E-state index contributed by atoms with van der Waals surface area (Å²) in [5.41, 5.74) is 0.317. The smallest absolute Gasteiger partial charge is 0.153 e. The highest BCUT2D eigenvalue weighted by molar-refractivity contribution is 7.14. The molecule has 1 heterocycles. The second-order valence-electron chi connectivity index (χ2n) is 4.52. The van der Waals surface area contributed by atoms with E-state index in [1.807, 2.05) is 13.8 Å². The lowest BCUT2D eigenvalue weighted by atomic mass is 10.1. The molecule has 2 aromatic rings. The van der Waals surface area contributed by atoms with Gasteiger partial charge in [0.25, 0.3) is 0 Å². The van der Waals surface area contributed by atoms with Gasteiger partial charge in [-0.2, -0.15) is 0 Å². The predicted octanol–water partition coefficient (Wildman–Crippen LogP) is 3.85. The third-order valence-electron chi connectivity index (χ3n) is 3.10. The third-order valence-corrected chi connectivity index (χ3v) is 4.15. The van der Waals surface area contributed by atoms with E-state index in [-0.39, 0.29) is 16.6 Å². The summed E-state index contributed by atoms with van der Waals surface area (Å²) >= 11 is 1.23. The fourth-order valence-electron chi connectivity index (χ4n) is 1.98. The zero-order valence-electron chi connectivity index (χ0n) is 11.7. The number of nitrogens with zero attached hydrogens (tertiary/aromatic N) is 2. The molecule has 0 aliphatic heterocycles.